The molecular formula is C18H32N2O. The van der Waals surface area contributed by atoms with Crippen LogP contribution < -0.4 is 5.32 Å². The van der Waals surface area contributed by atoms with Gasteiger partial charge >= 0.3 is 0 Å². The van der Waals surface area contributed by atoms with Gasteiger partial charge in [0.1, 0.15) is 0 Å². The summed E-state index contributed by atoms with van der Waals surface area (Å²) in [7, 11) is 0. The Bertz CT molecular complexity index is 345. The highest BCUT2D eigenvalue weighted by Crippen LogP contribution is 2.23. The van der Waals surface area contributed by atoms with Crippen LogP contribution in [0.1, 0.15) is 58.8 Å². The normalized spacial score (nSPS) is 25.0. The topological polar surface area (TPSA) is 32.3 Å². The summed E-state index contributed by atoms with van der Waals surface area (Å²) in [6.45, 7) is 7.70. The summed E-state index contributed by atoms with van der Waals surface area (Å²) in [4.78, 5) is 14.5. The molecule has 2 rings (SSSR count). The molecule has 1 heterocycles. The van der Waals surface area contributed by atoms with Crippen molar-refractivity contribution in [3.05, 3.63) is 12.2 Å². The molecule has 1 saturated heterocycles. The molecule has 2 aliphatic rings. The van der Waals surface area contributed by atoms with Gasteiger partial charge in [0, 0.05) is 25.2 Å². The summed E-state index contributed by atoms with van der Waals surface area (Å²) in [5.41, 5.74) is 0. The minimum Gasteiger partial charge on any atom is -0.352 e. The minimum atomic E-state index is 0.0944. The Labute approximate surface area is 130 Å². The van der Waals surface area contributed by atoms with E-state index in [0.717, 1.165) is 13.1 Å². The standard InChI is InChI=1S/C18H32N2O/c1-15(2)14-20-12-6-9-17(20)10-11-18(21)19-13-16-7-4-3-5-8-16/h10-11,15-17H,3-9,12-14H2,1-2H3,(H,19,21)/b11-10+. The summed E-state index contributed by atoms with van der Waals surface area (Å²) in [6, 6.07) is 0.466. The average Bonchev–Trinajstić information content (AvgIpc) is 2.90. The van der Waals surface area contributed by atoms with E-state index in [9.17, 15) is 4.79 Å². The minimum absolute atomic E-state index is 0.0944. The lowest BCUT2D eigenvalue weighted by Crippen LogP contribution is -2.32. The third-order valence-electron chi connectivity index (χ3n) is 4.77. The Morgan fingerprint density at radius 2 is 1.95 bits per heavy atom. The second-order valence-corrected chi connectivity index (χ2v) is 7.21. The molecular weight excluding hydrogens is 260 g/mol. The SMILES string of the molecule is CC(C)CN1CCCC1/C=C/C(=O)NCC1CCCCC1. The maximum Gasteiger partial charge on any atom is 0.243 e. The predicted molar refractivity (Wildman–Crippen MR) is 88.2 cm³/mol. The molecule has 0 aromatic heterocycles. The van der Waals surface area contributed by atoms with Gasteiger partial charge in [-0.25, -0.2) is 0 Å². The maximum atomic E-state index is 12.0. The lowest BCUT2D eigenvalue weighted by atomic mass is 9.89. The van der Waals surface area contributed by atoms with Crippen LogP contribution in [0, 0.1) is 11.8 Å². The molecule has 0 spiro atoms. The molecule has 120 valence electrons. The summed E-state index contributed by atoms with van der Waals surface area (Å²) < 4.78 is 0. The fraction of sp³-hybridized carbons (Fsp3) is 0.833. The van der Waals surface area contributed by atoms with Crippen molar-refractivity contribution in [2.75, 3.05) is 19.6 Å². The number of likely N-dealkylation sites (tertiary alicyclic amines) is 1. The van der Waals surface area contributed by atoms with Crippen molar-refractivity contribution >= 4 is 5.91 Å². The van der Waals surface area contributed by atoms with Crippen LogP contribution in [-0.2, 0) is 4.79 Å². The molecule has 0 bridgehead atoms. The number of carbonyl (C=O) groups is 1. The maximum absolute atomic E-state index is 12.0. The van der Waals surface area contributed by atoms with E-state index in [-0.39, 0.29) is 5.91 Å². The van der Waals surface area contributed by atoms with E-state index in [1.54, 1.807) is 6.08 Å². The van der Waals surface area contributed by atoms with Crippen molar-refractivity contribution in [2.24, 2.45) is 11.8 Å². The smallest absolute Gasteiger partial charge is 0.243 e. The fourth-order valence-electron chi connectivity index (χ4n) is 3.66. The van der Waals surface area contributed by atoms with Crippen LogP contribution in [-0.4, -0.2) is 36.5 Å². The van der Waals surface area contributed by atoms with E-state index in [2.05, 4.69) is 30.1 Å². The number of carbonyl (C=O) groups excluding carboxylic acids is 1. The second-order valence-electron chi connectivity index (χ2n) is 7.21. The zero-order valence-corrected chi connectivity index (χ0v) is 13.8. The van der Waals surface area contributed by atoms with Gasteiger partial charge in [0.15, 0.2) is 0 Å². The van der Waals surface area contributed by atoms with E-state index >= 15 is 0 Å². The lowest BCUT2D eigenvalue weighted by molar-refractivity contribution is -0.116. The van der Waals surface area contributed by atoms with Crippen LogP contribution in [0.3, 0.4) is 0 Å². The first-order valence-corrected chi connectivity index (χ1v) is 8.85. The van der Waals surface area contributed by atoms with Crippen molar-refractivity contribution in [2.45, 2.75) is 64.8 Å². The van der Waals surface area contributed by atoms with Gasteiger partial charge in [0.25, 0.3) is 0 Å². The number of hydrogen-bond acceptors (Lipinski definition) is 2. The van der Waals surface area contributed by atoms with Crippen LogP contribution in [0.5, 0.6) is 0 Å². The van der Waals surface area contributed by atoms with Gasteiger partial charge in [-0.15, -0.1) is 0 Å². The first kappa shape index (κ1) is 16.5. The van der Waals surface area contributed by atoms with E-state index in [1.165, 1.54) is 51.5 Å². The molecule has 1 saturated carbocycles. The highest BCUT2D eigenvalue weighted by atomic mass is 16.1. The Hall–Kier alpha value is -0.830. The zero-order chi connectivity index (χ0) is 15.1. The number of nitrogens with one attached hydrogen (secondary N) is 1. The molecule has 3 heteroatoms. The van der Waals surface area contributed by atoms with Crippen LogP contribution in [0.4, 0.5) is 0 Å². The van der Waals surface area contributed by atoms with Crippen molar-refractivity contribution in [3.63, 3.8) is 0 Å². The van der Waals surface area contributed by atoms with Gasteiger partial charge in [-0.05, 0) is 44.1 Å². The van der Waals surface area contributed by atoms with Gasteiger partial charge in [-0.1, -0.05) is 39.2 Å². The van der Waals surface area contributed by atoms with Crippen LogP contribution in [0.25, 0.3) is 0 Å². The highest BCUT2D eigenvalue weighted by molar-refractivity contribution is 5.87. The molecule has 0 aromatic rings. The number of nitrogens with zero attached hydrogens (tertiary/aromatic N) is 1. The highest BCUT2D eigenvalue weighted by Gasteiger charge is 2.22. The quantitative estimate of drug-likeness (QED) is 0.761. The third-order valence-corrected chi connectivity index (χ3v) is 4.77. The van der Waals surface area contributed by atoms with Gasteiger partial charge in [-0.2, -0.15) is 0 Å². The molecule has 1 amide bonds. The van der Waals surface area contributed by atoms with Crippen molar-refractivity contribution in [3.8, 4) is 0 Å². The van der Waals surface area contributed by atoms with Crippen molar-refractivity contribution in [1.29, 1.82) is 0 Å². The molecule has 1 aliphatic heterocycles. The van der Waals surface area contributed by atoms with Gasteiger partial charge in [0.05, 0.1) is 0 Å². The molecule has 3 nitrogen and oxygen atoms in total. The number of hydrogen-bond donors (Lipinski definition) is 1. The first-order valence-electron chi connectivity index (χ1n) is 8.85. The zero-order valence-electron chi connectivity index (χ0n) is 13.8. The molecule has 0 aromatic carbocycles. The van der Waals surface area contributed by atoms with Gasteiger partial charge in [0.2, 0.25) is 5.91 Å². The fourth-order valence-corrected chi connectivity index (χ4v) is 3.66. The molecule has 21 heavy (non-hydrogen) atoms. The summed E-state index contributed by atoms with van der Waals surface area (Å²) in [5.74, 6) is 1.50. The van der Waals surface area contributed by atoms with Crippen LogP contribution >= 0.6 is 0 Å². The average molecular weight is 292 g/mol. The van der Waals surface area contributed by atoms with E-state index in [0.29, 0.717) is 17.9 Å². The molecule has 1 atom stereocenters. The predicted octanol–water partition coefficient (Wildman–Crippen LogP) is 3.36. The van der Waals surface area contributed by atoms with Crippen molar-refractivity contribution in [1.82, 2.24) is 10.2 Å². The Morgan fingerprint density at radius 1 is 1.19 bits per heavy atom. The van der Waals surface area contributed by atoms with Crippen molar-refractivity contribution < 1.29 is 4.79 Å². The van der Waals surface area contributed by atoms with Crippen LogP contribution in [0.15, 0.2) is 12.2 Å². The second kappa shape index (κ2) is 8.57. The van der Waals surface area contributed by atoms with E-state index < -0.39 is 0 Å². The largest absolute Gasteiger partial charge is 0.352 e. The lowest BCUT2D eigenvalue weighted by Gasteiger charge is -2.23. The molecule has 1 aliphatic carbocycles. The Morgan fingerprint density at radius 3 is 2.67 bits per heavy atom. The number of rotatable bonds is 6. The van der Waals surface area contributed by atoms with E-state index in [4.69, 9.17) is 0 Å². The monoisotopic (exact) mass is 292 g/mol. The van der Waals surface area contributed by atoms with Gasteiger partial charge < -0.3 is 5.32 Å². The molecule has 2 fully saturated rings. The summed E-state index contributed by atoms with van der Waals surface area (Å²) in [5, 5.41) is 3.09. The van der Waals surface area contributed by atoms with E-state index in [1.807, 2.05) is 0 Å². The third kappa shape index (κ3) is 5.82. The summed E-state index contributed by atoms with van der Waals surface area (Å²) in [6.07, 6.45) is 13.0. The van der Waals surface area contributed by atoms with Crippen LogP contribution in [0.2, 0.25) is 0 Å². The first-order chi connectivity index (χ1) is 10.1. The summed E-state index contributed by atoms with van der Waals surface area (Å²) >= 11 is 0. The Balaban J connectivity index is 1.70. The molecule has 1 N–H and O–H groups in total. The number of amides is 1. The molecule has 1 unspecified atom stereocenters. The Kier molecular flexibility index (Phi) is 6.75. The van der Waals surface area contributed by atoms with Gasteiger partial charge in [-0.3, -0.25) is 9.69 Å². The molecule has 0 radical (unpaired) electrons.